The summed E-state index contributed by atoms with van der Waals surface area (Å²) in [5, 5.41) is 0. The standard InChI is InChI=1S/C16H25NO2/c1-2-10-4-5-17-8-11-6-14-15(19-9-18-14)7-13(11)12(3-1)16(10)17/h10-16H,1-9H2. The lowest BCUT2D eigenvalue weighted by atomic mass is 9.61. The molecule has 3 saturated heterocycles. The van der Waals surface area contributed by atoms with Gasteiger partial charge in [-0.15, -0.1) is 0 Å². The fourth-order valence-corrected chi connectivity index (χ4v) is 6.19. The number of nitrogens with zero attached hydrogens (tertiary/aromatic N) is 1. The van der Waals surface area contributed by atoms with E-state index in [4.69, 9.17) is 9.47 Å². The molecule has 3 heteroatoms. The van der Waals surface area contributed by atoms with Crippen molar-refractivity contribution in [3.05, 3.63) is 0 Å². The van der Waals surface area contributed by atoms with Crippen molar-refractivity contribution in [3.63, 3.8) is 0 Å². The van der Waals surface area contributed by atoms with Crippen LogP contribution in [-0.4, -0.2) is 43.0 Å². The van der Waals surface area contributed by atoms with Crippen LogP contribution in [-0.2, 0) is 9.47 Å². The largest absolute Gasteiger partial charge is 0.349 e. The van der Waals surface area contributed by atoms with E-state index in [2.05, 4.69) is 4.90 Å². The van der Waals surface area contributed by atoms with Crippen LogP contribution in [0.25, 0.3) is 0 Å². The van der Waals surface area contributed by atoms with Crippen molar-refractivity contribution in [1.29, 1.82) is 0 Å². The van der Waals surface area contributed by atoms with Crippen molar-refractivity contribution in [2.75, 3.05) is 19.9 Å². The van der Waals surface area contributed by atoms with Crippen LogP contribution in [0.2, 0.25) is 0 Å². The molecular formula is C16H25NO2. The Hall–Kier alpha value is -0.120. The van der Waals surface area contributed by atoms with Crippen LogP contribution in [0.4, 0.5) is 0 Å². The molecule has 7 unspecified atom stereocenters. The number of ether oxygens (including phenoxy) is 2. The van der Waals surface area contributed by atoms with Gasteiger partial charge < -0.3 is 9.47 Å². The molecule has 7 atom stereocenters. The summed E-state index contributed by atoms with van der Waals surface area (Å²) in [7, 11) is 0. The molecule has 0 radical (unpaired) electrons. The van der Waals surface area contributed by atoms with Gasteiger partial charge in [-0.05, 0) is 62.3 Å². The maximum atomic E-state index is 5.82. The van der Waals surface area contributed by atoms with E-state index >= 15 is 0 Å². The van der Waals surface area contributed by atoms with Gasteiger partial charge >= 0.3 is 0 Å². The normalized spacial score (nSPS) is 56.5. The summed E-state index contributed by atoms with van der Waals surface area (Å²) in [5.74, 6) is 3.83. The highest BCUT2D eigenvalue weighted by molar-refractivity contribution is 5.05. The van der Waals surface area contributed by atoms with Crippen molar-refractivity contribution in [2.24, 2.45) is 23.7 Å². The van der Waals surface area contributed by atoms with E-state index in [1.54, 1.807) is 0 Å². The number of rotatable bonds is 0. The second-order valence-electron chi connectivity index (χ2n) is 7.55. The molecular weight excluding hydrogens is 238 g/mol. The quantitative estimate of drug-likeness (QED) is 0.669. The molecule has 5 fully saturated rings. The molecule has 0 bridgehead atoms. The van der Waals surface area contributed by atoms with Gasteiger partial charge in [0.2, 0.25) is 0 Å². The molecule has 0 aromatic heterocycles. The minimum Gasteiger partial charge on any atom is -0.349 e. The van der Waals surface area contributed by atoms with Gasteiger partial charge in [-0.2, -0.15) is 0 Å². The van der Waals surface area contributed by atoms with Crippen LogP contribution in [0.15, 0.2) is 0 Å². The minimum absolute atomic E-state index is 0.416. The lowest BCUT2D eigenvalue weighted by Crippen LogP contribution is -2.57. The summed E-state index contributed by atoms with van der Waals surface area (Å²) in [6, 6.07) is 0.939. The topological polar surface area (TPSA) is 21.7 Å². The Morgan fingerprint density at radius 1 is 0.842 bits per heavy atom. The molecule has 2 aliphatic carbocycles. The third-order valence-electron chi connectivity index (χ3n) is 6.89. The molecule has 5 rings (SSSR count). The Morgan fingerprint density at radius 2 is 1.74 bits per heavy atom. The van der Waals surface area contributed by atoms with E-state index in [1.807, 2.05) is 0 Å². The third kappa shape index (κ3) is 1.61. The maximum Gasteiger partial charge on any atom is 0.147 e. The molecule has 0 spiro atoms. The second kappa shape index (κ2) is 4.19. The smallest absolute Gasteiger partial charge is 0.147 e. The third-order valence-corrected chi connectivity index (χ3v) is 6.89. The van der Waals surface area contributed by atoms with E-state index in [1.165, 1.54) is 51.6 Å². The highest BCUT2D eigenvalue weighted by Crippen LogP contribution is 2.53. The molecule has 5 aliphatic rings. The van der Waals surface area contributed by atoms with E-state index in [-0.39, 0.29) is 0 Å². The van der Waals surface area contributed by atoms with Gasteiger partial charge in [-0.1, -0.05) is 6.42 Å². The molecule has 3 aliphatic heterocycles. The Bertz CT molecular complexity index is 374. The van der Waals surface area contributed by atoms with Gasteiger partial charge in [0.05, 0.1) is 12.2 Å². The average molecular weight is 263 g/mol. The van der Waals surface area contributed by atoms with Crippen LogP contribution >= 0.6 is 0 Å². The maximum absolute atomic E-state index is 5.82. The Balaban J connectivity index is 1.45. The summed E-state index contributed by atoms with van der Waals surface area (Å²) in [4.78, 5) is 2.85. The zero-order valence-corrected chi connectivity index (χ0v) is 11.7. The van der Waals surface area contributed by atoms with Gasteiger partial charge in [0.15, 0.2) is 0 Å². The molecule has 19 heavy (non-hydrogen) atoms. The van der Waals surface area contributed by atoms with E-state index < -0.39 is 0 Å². The highest BCUT2D eigenvalue weighted by Gasteiger charge is 2.54. The van der Waals surface area contributed by atoms with Gasteiger partial charge in [0.25, 0.3) is 0 Å². The zero-order valence-electron chi connectivity index (χ0n) is 11.7. The van der Waals surface area contributed by atoms with Gasteiger partial charge in [0.1, 0.15) is 6.79 Å². The van der Waals surface area contributed by atoms with Gasteiger partial charge in [-0.3, -0.25) is 4.90 Å². The molecule has 0 aromatic carbocycles. The minimum atomic E-state index is 0.416. The van der Waals surface area contributed by atoms with E-state index in [0.29, 0.717) is 19.0 Å². The van der Waals surface area contributed by atoms with Crippen molar-refractivity contribution in [3.8, 4) is 0 Å². The molecule has 3 heterocycles. The summed E-state index contributed by atoms with van der Waals surface area (Å²) in [6.07, 6.45) is 9.33. The van der Waals surface area contributed by atoms with Gasteiger partial charge in [-0.25, -0.2) is 0 Å². The fourth-order valence-electron chi connectivity index (χ4n) is 6.19. The number of hydrogen-bond acceptors (Lipinski definition) is 3. The zero-order chi connectivity index (χ0) is 12.4. The summed E-state index contributed by atoms with van der Waals surface area (Å²) in [5.41, 5.74) is 0. The first-order chi connectivity index (χ1) is 9.40. The molecule has 0 amide bonds. The van der Waals surface area contributed by atoms with Crippen LogP contribution in [0, 0.1) is 23.7 Å². The van der Waals surface area contributed by atoms with E-state index in [9.17, 15) is 0 Å². The predicted molar refractivity (Wildman–Crippen MR) is 71.6 cm³/mol. The van der Waals surface area contributed by atoms with Gasteiger partial charge in [0, 0.05) is 12.6 Å². The summed E-state index contributed by atoms with van der Waals surface area (Å²) in [6.45, 7) is 3.28. The Morgan fingerprint density at radius 3 is 2.68 bits per heavy atom. The second-order valence-corrected chi connectivity index (χ2v) is 7.55. The molecule has 3 nitrogen and oxygen atoms in total. The molecule has 106 valence electrons. The number of hydrogen-bond donors (Lipinski definition) is 0. The Labute approximate surface area is 115 Å². The monoisotopic (exact) mass is 263 g/mol. The molecule has 0 aromatic rings. The van der Waals surface area contributed by atoms with Crippen LogP contribution < -0.4 is 0 Å². The average Bonchev–Trinajstić information content (AvgIpc) is 3.05. The first kappa shape index (κ1) is 11.5. The highest BCUT2D eigenvalue weighted by atomic mass is 16.7. The van der Waals surface area contributed by atoms with Crippen LogP contribution in [0.3, 0.4) is 0 Å². The Kier molecular flexibility index (Phi) is 2.54. The fraction of sp³-hybridized carbons (Fsp3) is 1.00. The number of piperidine rings is 1. The first-order valence-electron chi connectivity index (χ1n) is 8.37. The number of fused-ring (bicyclic) bond motifs is 3. The first-order valence-corrected chi connectivity index (χ1v) is 8.37. The van der Waals surface area contributed by atoms with E-state index in [0.717, 1.165) is 29.7 Å². The van der Waals surface area contributed by atoms with Crippen molar-refractivity contribution >= 4 is 0 Å². The lowest BCUT2D eigenvalue weighted by molar-refractivity contribution is -0.0675. The SMILES string of the molecule is C1CC2CCN3CC4CC5OCOC5CC4C(C1)C23. The predicted octanol–water partition coefficient (Wildman–Crippen LogP) is 2.26. The molecule has 0 N–H and O–H groups in total. The summed E-state index contributed by atoms with van der Waals surface area (Å²) >= 11 is 0. The van der Waals surface area contributed by atoms with Crippen LogP contribution in [0.1, 0.15) is 38.5 Å². The lowest BCUT2D eigenvalue weighted by Gasteiger charge is -2.53. The van der Waals surface area contributed by atoms with Crippen molar-refractivity contribution in [2.45, 2.75) is 56.8 Å². The molecule has 2 saturated carbocycles. The van der Waals surface area contributed by atoms with Crippen molar-refractivity contribution in [1.82, 2.24) is 4.90 Å². The van der Waals surface area contributed by atoms with Crippen LogP contribution in [0.5, 0.6) is 0 Å². The van der Waals surface area contributed by atoms with Crippen molar-refractivity contribution < 1.29 is 9.47 Å². The summed E-state index contributed by atoms with van der Waals surface area (Å²) < 4.78 is 11.6.